The van der Waals surface area contributed by atoms with Gasteiger partial charge in [-0.2, -0.15) is 0 Å². The Morgan fingerprint density at radius 2 is 1.79 bits per heavy atom. The first-order valence-electron chi connectivity index (χ1n) is 8.49. The van der Waals surface area contributed by atoms with Gasteiger partial charge in [-0.15, -0.1) is 0 Å². The van der Waals surface area contributed by atoms with Gasteiger partial charge in [0.25, 0.3) is 0 Å². The Morgan fingerprint density at radius 3 is 2.32 bits per heavy atom. The van der Waals surface area contributed by atoms with Crippen molar-refractivity contribution in [1.82, 2.24) is 4.57 Å². The van der Waals surface area contributed by atoms with Crippen molar-refractivity contribution in [3.05, 3.63) is 23.4 Å². The Bertz CT molecular complexity index is 1020. The number of benzene rings is 1. The minimum atomic E-state index is -0.788. The molecular weight excluding hydrogens is 368 g/mol. The van der Waals surface area contributed by atoms with Crippen LogP contribution in [-0.2, 0) is 30.9 Å². The molecule has 28 heavy (non-hydrogen) atoms. The highest BCUT2D eigenvalue weighted by atomic mass is 16.5. The van der Waals surface area contributed by atoms with Crippen molar-refractivity contribution in [3.8, 4) is 5.75 Å². The molecule has 1 unspecified atom stereocenters. The van der Waals surface area contributed by atoms with Gasteiger partial charge in [-0.1, -0.05) is 0 Å². The molecule has 0 spiro atoms. The molecule has 9 nitrogen and oxygen atoms in total. The van der Waals surface area contributed by atoms with Crippen LogP contribution in [0.1, 0.15) is 35.7 Å². The molecule has 0 saturated carbocycles. The Morgan fingerprint density at radius 1 is 1.11 bits per heavy atom. The molecule has 2 heterocycles. The number of amides is 1. The summed E-state index contributed by atoms with van der Waals surface area (Å²) in [6.07, 6.45) is 1.54. The summed E-state index contributed by atoms with van der Waals surface area (Å²) in [5.41, 5.74) is 1.50. The fraction of sp³-hybridized carbons (Fsp3) is 0.368. The summed E-state index contributed by atoms with van der Waals surface area (Å²) < 4.78 is 16.7. The van der Waals surface area contributed by atoms with E-state index in [1.54, 1.807) is 11.6 Å². The largest absolute Gasteiger partial charge is 0.468 e. The van der Waals surface area contributed by atoms with E-state index in [1.165, 1.54) is 45.2 Å². The first kappa shape index (κ1) is 19.4. The molecule has 1 atom stereocenters. The maximum absolute atomic E-state index is 12.4. The molecule has 2 aromatic rings. The third-order valence-corrected chi connectivity index (χ3v) is 4.76. The van der Waals surface area contributed by atoms with Crippen LogP contribution in [-0.4, -0.2) is 49.1 Å². The lowest BCUT2D eigenvalue weighted by Crippen LogP contribution is -2.29. The summed E-state index contributed by atoms with van der Waals surface area (Å²) in [6, 6.07) is 1.53. The summed E-state index contributed by atoms with van der Waals surface area (Å²) >= 11 is 0. The second-order valence-corrected chi connectivity index (χ2v) is 6.48. The van der Waals surface area contributed by atoms with Crippen molar-refractivity contribution in [2.75, 3.05) is 25.7 Å². The highest BCUT2D eigenvalue weighted by molar-refractivity contribution is 6.13. The van der Waals surface area contributed by atoms with E-state index >= 15 is 0 Å². The maximum atomic E-state index is 12.4. The van der Waals surface area contributed by atoms with E-state index in [4.69, 9.17) is 14.2 Å². The lowest BCUT2D eigenvalue weighted by Gasteiger charge is -2.16. The topological polar surface area (TPSA) is 104 Å². The molecule has 0 saturated heterocycles. The van der Waals surface area contributed by atoms with Gasteiger partial charge in [0.05, 0.1) is 31.0 Å². The number of aromatic nitrogens is 1. The van der Waals surface area contributed by atoms with Crippen LogP contribution in [0, 0.1) is 0 Å². The predicted molar refractivity (Wildman–Crippen MR) is 98.4 cm³/mol. The number of carbonyl (C=O) groups excluding carboxylic acids is 4. The normalized spacial score (nSPS) is 15.3. The molecule has 0 N–H and O–H groups in total. The molecule has 1 aromatic carbocycles. The number of esters is 3. The number of hydrogen-bond acceptors (Lipinski definition) is 7. The lowest BCUT2D eigenvalue weighted by atomic mass is 9.95. The number of rotatable bonds is 3. The summed E-state index contributed by atoms with van der Waals surface area (Å²) in [5, 5.41) is 0.391. The van der Waals surface area contributed by atoms with Crippen molar-refractivity contribution in [2.24, 2.45) is 7.05 Å². The quantitative estimate of drug-likeness (QED) is 0.580. The summed E-state index contributed by atoms with van der Waals surface area (Å²) in [5.74, 6) is -2.61. The van der Waals surface area contributed by atoms with Crippen LogP contribution < -0.4 is 9.64 Å². The van der Waals surface area contributed by atoms with Crippen molar-refractivity contribution < 1.29 is 33.4 Å². The molecule has 0 fully saturated rings. The third kappa shape index (κ3) is 2.88. The van der Waals surface area contributed by atoms with Gasteiger partial charge in [-0.3, -0.25) is 14.4 Å². The number of hydrogen-bond donors (Lipinski definition) is 0. The number of methoxy groups -OCH3 is 2. The number of carbonyl (C=O) groups is 4. The number of nitrogens with zero attached hydrogens (tertiary/aromatic N) is 2. The van der Waals surface area contributed by atoms with Gasteiger partial charge in [0.1, 0.15) is 5.92 Å². The Kier molecular flexibility index (Phi) is 4.84. The van der Waals surface area contributed by atoms with Crippen LogP contribution in [0.4, 0.5) is 5.69 Å². The molecular formula is C19H20N2O7. The molecule has 1 aliphatic rings. The van der Waals surface area contributed by atoms with E-state index in [0.717, 1.165) is 0 Å². The average Bonchev–Trinajstić information content (AvgIpc) is 3.18. The van der Waals surface area contributed by atoms with Gasteiger partial charge in [-0.05, 0) is 0 Å². The van der Waals surface area contributed by atoms with Crippen LogP contribution >= 0.6 is 0 Å². The van der Waals surface area contributed by atoms with Crippen LogP contribution in [0.25, 0.3) is 10.9 Å². The minimum Gasteiger partial charge on any atom is -0.468 e. The average molecular weight is 388 g/mol. The highest BCUT2D eigenvalue weighted by Crippen LogP contribution is 2.47. The first-order chi connectivity index (χ1) is 13.2. The Balaban J connectivity index is 2.46. The van der Waals surface area contributed by atoms with E-state index in [2.05, 4.69) is 0 Å². The fourth-order valence-electron chi connectivity index (χ4n) is 3.67. The summed E-state index contributed by atoms with van der Waals surface area (Å²) in [6.45, 7) is 2.68. The molecule has 1 aliphatic heterocycles. The molecule has 1 amide bonds. The molecule has 0 bridgehead atoms. The van der Waals surface area contributed by atoms with E-state index in [-0.39, 0.29) is 23.8 Å². The van der Waals surface area contributed by atoms with Gasteiger partial charge < -0.3 is 23.7 Å². The second kappa shape index (κ2) is 6.99. The van der Waals surface area contributed by atoms with E-state index in [1.807, 2.05) is 0 Å². The zero-order chi connectivity index (χ0) is 20.7. The van der Waals surface area contributed by atoms with Crippen LogP contribution in [0.3, 0.4) is 0 Å². The van der Waals surface area contributed by atoms with E-state index in [9.17, 15) is 19.2 Å². The fourth-order valence-corrected chi connectivity index (χ4v) is 3.67. The summed E-state index contributed by atoms with van der Waals surface area (Å²) in [4.78, 5) is 50.0. The van der Waals surface area contributed by atoms with Gasteiger partial charge in [0.15, 0.2) is 5.75 Å². The Labute approximate surface area is 160 Å². The molecule has 148 valence electrons. The molecule has 9 heteroatoms. The van der Waals surface area contributed by atoms with Crippen molar-refractivity contribution in [3.63, 3.8) is 0 Å². The highest BCUT2D eigenvalue weighted by Gasteiger charge is 2.40. The predicted octanol–water partition coefficient (Wildman–Crippen LogP) is 1.51. The zero-order valence-electron chi connectivity index (χ0n) is 16.2. The smallest absolute Gasteiger partial charge is 0.340 e. The second-order valence-electron chi connectivity index (χ2n) is 6.48. The van der Waals surface area contributed by atoms with Gasteiger partial charge >= 0.3 is 17.9 Å². The van der Waals surface area contributed by atoms with Gasteiger partial charge in [-0.25, -0.2) is 4.79 Å². The van der Waals surface area contributed by atoms with Crippen LogP contribution in [0.5, 0.6) is 5.75 Å². The molecule has 0 aliphatic carbocycles. The van der Waals surface area contributed by atoms with Gasteiger partial charge in [0.2, 0.25) is 5.91 Å². The van der Waals surface area contributed by atoms with Crippen molar-refractivity contribution >= 4 is 40.4 Å². The van der Waals surface area contributed by atoms with Crippen molar-refractivity contribution in [1.29, 1.82) is 0 Å². The molecule has 3 rings (SSSR count). The Hall–Kier alpha value is -3.36. The number of aryl methyl sites for hydroxylation is 1. The zero-order valence-corrected chi connectivity index (χ0v) is 16.2. The van der Waals surface area contributed by atoms with Crippen LogP contribution in [0.2, 0.25) is 0 Å². The third-order valence-electron chi connectivity index (χ3n) is 4.76. The number of ether oxygens (including phenoxy) is 3. The minimum absolute atomic E-state index is 0.0610. The molecule has 0 radical (unpaired) electrons. The first-order valence-corrected chi connectivity index (χ1v) is 8.49. The van der Waals surface area contributed by atoms with Crippen molar-refractivity contribution in [2.45, 2.75) is 19.8 Å². The SMILES string of the molecule is COC(=O)c1cn(C)c2c(OC(C)=O)cc3c(c12)C(C(=O)OC)CN3C(C)=O. The lowest BCUT2D eigenvalue weighted by molar-refractivity contribution is -0.142. The number of anilines is 1. The van der Waals surface area contributed by atoms with E-state index < -0.39 is 23.8 Å². The molecule has 1 aromatic heterocycles. The number of fused-ring (bicyclic) bond motifs is 3. The van der Waals surface area contributed by atoms with E-state index in [0.29, 0.717) is 22.2 Å². The standard InChI is InChI=1S/C19H20N2O7/c1-9(22)21-8-12(19(25)27-5)15-13(21)6-14(28-10(2)23)17-16(15)11(7-20(17)3)18(24)26-4/h6-7,12H,8H2,1-5H3. The maximum Gasteiger partial charge on any atom is 0.340 e. The van der Waals surface area contributed by atoms with Crippen LogP contribution in [0.15, 0.2) is 12.3 Å². The van der Waals surface area contributed by atoms with Gasteiger partial charge in [0, 0.05) is 50.7 Å². The monoisotopic (exact) mass is 388 g/mol. The summed E-state index contributed by atoms with van der Waals surface area (Å²) in [7, 11) is 4.19.